The van der Waals surface area contributed by atoms with Crippen LogP contribution in [0.3, 0.4) is 0 Å². The first-order chi connectivity index (χ1) is 8.66. The van der Waals surface area contributed by atoms with E-state index in [1.54, 1.807) is 0 Å². The Morgan fingerprint density at radius 1 is 1.56 bits per heavy atom. The van der Waals surface area contributed by atoms with Crippen LogP contribution in [0, 0.1) is 5.92 Å². The SMILES string of the molecule is CC1CCN(C(=S)SCC(=O)c2cccs2)CC1. The van der Waals surface area contributed by atoms with Gasteiger partial charge in [-0.05, 0) is 30.2 Å². The Labute approximate surface area is 122 Å². The fraction of sp³-hybridized carbons (Fsp3) is 0.538. The lowest BCUT2D eigenvalue weighted by Gasteiger charge is -2.31. The molecular weight excluding hydrogens is 282 g/mol. The molecule has 0 aromatic carbocycles. The largest absolute Gasteiger partial charge is 0.357 e. The number of rotatable bonds is 3. The minimum Gasteiger partial charge on any atom is -0.357 e. The number of piperidine rings is 1. The fourth-order valence-electron chi connectivity index (χ4n) is 1.92. The second kappa shape index (κ2) is 6.68. The maximum atomic E-state index is 11.9. The molecule has 2 nitrogen and oxygen atoms in total. The number of thiophene rings is 1. The van der Waals surface area contributed by atoms with Gasteiger partial charge < -0.3 is 4.90 Å². The third-order valence-electron chi connectivity index (χ3n) is 3.16. The van der Waals surface area contributed by atoms with Crippen molar-refractivity contribution in [2.45, 2.75) is 19.8 Å². The van der Waals surface area contributed by atoms with Crippen LogP contribution in [0.25, 0.3) is 0 Å². The van der Waals surface area contributed by atoms with Gasteiger partial charge in [0.2, 0.25) is 0 Å². The van der Waals surface area contributed by atoms with Gasteiger partial charge in [0.1, 0.15) is 4.32 Å². The molecule has 1 aliphatic heterocycles. The summed E-state index contributed by atoms with van der Waals surface area (Å²) in [4.78, 5) is 14.9. The van der Waals surface area contributed by atoms with Crippen molar-refractivity contribution >= 4 is 45.4 Å². The highest BCUT2D eigenvalue weighted by Gasteiger charge is 2.19. The van der Waals surface area contributed by atoms with Gasteiger partial charge in [0.25, 0.3) is 0 Å². The van der Waals surface area contributed by atoms with Crippen LogP contribution >= 0.6 is 35.3 Å². The fourth-order valence-corrected chi connectivity index (χ4v) is 3.81. The lowest BCUT2D eigenvalue weighted by Crippen LogP contribution is -2.35. The Hall–Kier alpha value is -0.390. The highest BCUT2D eigenvalue weighted by atomic mass is 32.2. The molecule has 2 heterocycles. The van der Waals surface area contributed by atoms with Gasteiger partial charge in [0.05, 0.1) is 10.6 Å². The van der Waals surface area contributed by atoms with Crippen LogP contribution in [-0.4, -0.2) is 33.8 Å². The Bertz CT molecular complexity index is 408. The van der Waals surface area contributed by atoms with Crippen molar-refractivity contribution in [2.24, 2.45) is 5.92 Å². The first kappa shape index (κ1) is 14.0. The van der Waals surface area contributed by atoms with Gasteiger partial charge in [0.15, 0.2) is 5.78 Å². The molecule has 0 unspecified atom stereocenters. The molecule has 1 aromatic heterocycles. The number of hydrogen-bond acceptors (Lipinski definition) is 4. The van der Waals surface area contributed by atoms with E-state index in [4.69, 9.17) is 12.2 Å². The van der Waals surface area contributed by atoms with E-state index in [0.717, 1.165) is 28.2 Å². The lowest BCUT2D eigenvalue weighted by molar-refractivity contribution is 0.102. The third-order valence-corrected chi connectivity index (χ3v) is 5.60. The van der Waals surface area contributed by atoms with E-state index in [-0.39, 0.29) is 5.78 Å². The molecule has 0 aliphatic carbocycles. The van der Waals surface area contributed by atoms with Gasteiger partial charge in [-0.1, -0.05) is 37.0 Å². The smallest absolute Gasteiger partial charge is 0.183 e. The normalized spacial score (nSPS) is 16.8. The zero-order valence-corrected chi connectivity index (χ0v) is 12.9. The van der Waals surface area contributed by atoms with Crippen molar-refractivity contribution in [1.82, 2.24) is 4.90 Å². The maximum absolute atomic E-state index is 11.9. The summed E-state index contributed by atoms with van der Waals surface area (Å²) >= 11 is 8.40. The number of likely N-dealkylation sites (tertiary alicyclic amines) is 1. The number of hydrogen-bond donors (Lipinski definition) is 0. The van der Waals surface area contributed by atoms with Gasteiger partial charge in [-0.25, -0.2) is 0 Å². The molecule has 1 fully saturated rings. The van der Waals surface area contributed by atoms with Crippen molar-refractivity contribution in [3.05, 3.63) is 22.4 Å². The number of nitrogens with zero attached hydrogens (tertiary/aromatic N) is 1. The lowest BCUT2D eigenvalue weighted by atomic mass is 10.00. The zero-order chi connectivity index (χ0) is 13.0. The highest BCUT2D eigenvalue weighted by Crippen LogP contribution is 2.21. The van der Waals surface area contributed by atoms with E-state index in [1.165, 1.54) is 35.9 Å². The minimum atomic E-state index is 0.183. The number of thiocarbonyl (C=S) groups is 1. The molecule has 0 bridgehead atoms. The molecule has 98 valence electrons. The van der Waals surface area contributed by atoms with E-state index in [1.807, 2.05) is 17.5 Å². The predicted molar refractivity (Wildman–Crippen MR) is 83.7 cm³/mol. The van der Waals surface area contributed by atoms with E-state index in [2.05, 4.69) is 11.8 Å². The minimum absolute atomic E-state index is 0.183. The maximum Gasteiger partial charge on any atom is 0.183 e. The summed E-state index contributed by atoms with van der Waals surface area (Å²) in [6.45, 7) is 4.37. The monoisotopic (exact) mass is 299 g/mol. The van der Waals surface area contributed by atoms with E-state index in [9.17, 15) is 4.79 Å². The molecule has 1 saturated heterocycles. The van der Waals surface area contributed by atoms with E-state index in [0.29, 0.717) is 5.75 Å². The molecular formula is C13H17NOS3. The van der Waals surface area contributed by atoms with Crippen molar-refractivity contribution < 1.29 is 4.79 Å². The standard InChI is InChI=1S/C13H17NOS3/c1-10-4-6-14(7-5-10)13(16)18-9-11(15)12-3-2-8-17-12/h2-3,8,10H,4-7,9H2,1H3. The predicted octanol–water partition coefficient (Wildman–Crippen LogP) is 3.68. The molecule has 0 amide bonds. The second-order valence-corrected chi connectivity index (χ2v) is 7.18. The van der Waals surface area contributed by atoms with E-state index < -0.39 is 0 Å². The summed E-state index contributed by atoms with van der Waals surface area (Å²) in [6, 6.07) is 3.78. The van der Waals surface area contributed by atoms with Crippen LogP contribution in [0.5, 0.6) is 0 Å². The van der Waals surface area contributed by atoms with Gasteiger partial charge in [-0.15, -0.1) is 11.3 Å². The van der Waals surface area contributed by atoms with Crippen molar-refractivity contribution in [2.75, 3.05) is 18.8 Å². The van der Waals surface area contributed by atoms with Gasteiger partial charge in [-0.3, -0.25) is 4.79 Å². The van der Waals surface area contributed by atoms with Crippen LogP contribution in [0.4, 0.5) is 0 Å². The summed E-state index contributed by atoms with van der Waals surface area (Å²) in [5.74, 6) is 1.45. The first-order valence-electron chi connectivity index (χ1n) is 6.15. The van der Waals surface area contributed by atoms with Crippen molar-refractivity contribution in [1.29, 1.82) is 0 Å². The van der Waals surface area contributed by atoms with Gasteiger partial charge in [0, 0.05) is 13.1 Å². The van der Waals surface area contributed by atoms with Crippen LogP contribution in [0.1, 0.15) is 29.4 Å². The summed E-state index contributed by atoms with van der Waals surface area (Å²) in [5, 5.41) is 1.93. The first-order valence-corrected chi connectivity index (χ1v) is 8.42. The Morgan fingerprint density at radius 2 is 2.28 bits per heavy atom. The summed E-state index contributed by atoms with van der Waals surface area (Å²) < 4.78 is 0.881. The van der Waals surface area contributed by atoms with Crippen LogP contribution in [0.15, 0.2) is 17.5 Å². The molecule has 0 spiro atoms. The summed E-state index contributed by atoms with van der Waals surface area (Å²) in [5.41, 5.74) is 0. The summed E-state index contributed by atoms with van der Waals surface area (Å²) in [6.07, 6.45) is 2.42. The molecule has 0 atom stereocenters. The highest BCUT2D eigenvalue weighted by molar-refractivity contribution is 8.23. The van der Waals surface area contributed by atoms with Gasteiger partial charge >= 0.3 is 0 Å². The Balaban J connectivity index is 1.76. The Morgan fingerprint density at radius 3 is 2.89 bits per heavy atom. The average molecular weight is 299 g/mol. The topological polar surface area (TPSA) is 20.3 Å². The molecule has 5 heteroatoms. The van der Waals surface area contributed by atoms with E-state index >= 15 is 0 Å². The van der Waals surface area contributed by atoms with Gasteiger partial charge in [-0.2, -0.15) is 0 Å². The molecule has 1 aromatic rings. The molecule has 0 saturated carbocycles. The van der Waals surface area contributed by atoms with Crippen molar-refractivity contribution in [3.63, 3.8) is 0 Å². The summed E-state index contributed by atoms with van der Waals surface area (Å²) in [7, 11) is 0. The average Bonchev–Trinajstić information content (AvgIpc) is 2.90. The Kier molecular flexibility index (Phi) is 5.21. The van der Waals surface area contributed by atoms with Crippen LogP contribution in [0.2, 0.25) is 0 Å². The van der Waals surface area contributed by atoms with Crippen LogP contribution < -0.4 is 0 Å². The third kappa shape index (κ3) is 3.80. The van der Waals surface area contributed by atoms with Crippen molar-refractivity contribution in [3.8, 4) is 0 Å². The van der Waals surface area contributed by atoms with Crippen LogP contribution in [-0.2, 0) is 0 Å². The molecule has 0 radical (unpaired) electrons. The molecule has 0 N–H and O–H groups in total. The number of ketones is 1. The number of Topliss-reactive ketones (excluding diaryl/α,β-unsaturated/α-hetero) is 1. The second-order valence-electron chi connectivity index (χ2n) is 4.62. The number of carbonyl (C=O) groups is 1. The molecule has 1 aliphatic rings. The molecule has 2 rings (SSSR count). The quantitative estimate of drug-likeness (QED) is 0.626. The zero-order valence-electron chi connectivity index (χ0n) is 10.4. The number of thioether (sulfide) groups is 1. The molecule has 18 heavy (non-hydrogen) atoms. The number of carbonyl (C=O) groups excluding carboxylic acids is 1.